The van der Waals surface area contributed by atoms with Crippen LogP contribution in [0.25, 0.3) is 84.0 Å². The number of aromatic carboxylic acids is 2. The molecule has 285 valence electrons. The van der Waals surface area contributed by atoms with E-state index in [2.05, 4.69) is 32.9 Å². The minimum atomic E-state index is -1.29. The Morgan fingerprint density at radius 3 is 1.76 bits per heavy atom. The molecule has 1 radical (unpaired) electrons. The van der Waals surface area contributed by atoms with Crippen LogP contribution in [0.2, 0.25) is 0 Å². The summed E-state index contributed by atoms with van der Waals surface area (Å²) in [5.41, 5.74) is 4.97. The van der Waals surface area contributed by atoms with E-state index in [0.717, 1.165) is 39.1 Å². The average molecular weight is 814 g/mol. The third kappa shape index (κ3) is 6.09. The van der Waals surface area contributed by atoms with Crippen LogP contribution in [0.3, 0.4) is 0 Å². The first kappa shape index (κ1) is 36.3. The van der Waals surface area contributed by atoms with Crippen LogP contribution in [0.5, 0.6) is 11.5 Å². The molecule has 0 saturated heterocycles. The Labute approximate surface area is 338 Å². The van der Waals surface area contributed by atoms with Gasteiger partial charge in [0.15, 0.2) is 5.82 Å². The largest absolute Gasteiger partial charge is 2.00 e. The van der Waals surface area contributed by atoms with Crippen LogP contribution in [-0.2, 0) is 22.5 Å². The van der Waals surface area contributed by atoms with Gasteiger partial charge in [-0.1, -0.05) is 74.4 Å². The molecule has 15 heteroatoms. The zero-order valence-corrected chi connectivity index (χ0v) is 31.7. The molecule has 5 heterocycles. The zero-order valence-electron chi connectivity index (χ0n) is 30.8. The minimum absolute atomic E-state index is 0. The summed E-state index contributed by atoms with van der Waals surface area (Å²) in [4.78, 5) is 54.9. The number of fused-ring (bicyclic) bond motifs is 20. The number of nitrogens with zero attached hydrogens (tertiary/aromatic N) is 9. The van der Waals surface area contributed by atoms with E-state index in [9.17, 15) is 19.8 Å². The Balaban J connectivity index is 0.00000436. The predicted octanol–water partition coefficient (Wildman–Crippen LogP) is 7.22. The van der Waals surface area contributed by atoms with Crippen molar-refractivity contribution >= 4 is 56.1 Å². The van der Waals surface area contributed by atoms with E-state index >= 15 is 0 Å². The average Bonchev–Trinajstić information content (AvgIpc) is 3.92. The van der Waals surface area contributed by atoms with E-state index in [-0.39, 0.29) is 50.8 Å². The molecule has 2 N–H and O–H groups in total. The fourth-order valence-electron chi connectivity index (χ4n) is 7.02. The SMILES string of the molecule is CC(C)(C)c1ccc2c3nc4nc(nc5[n-]c(n[n+]6nc(nc([n-]3)c2c1)-c1ccccc1-6)c1cc(Oc2cc(C(=O)O)cc(C(=O)O)c2)ccc51)-c1ccccc1-4.[Cu+2]. The van der Waals surface area contributed by atoms with E-state index in [1.165, 1.54) is 16.9 Å². The molecule has 0 fully saturated rings. The molecule has 2 aliphatic rings. The summed E-state index contributed by atoms with van der Waals surface area (Å²) in [5, 5.41) is 31.8. The van der Waals surface area contributed by atoms with Gasteiger partial charge in [-0.05, 0) is 75.7 Å². The van der Waals surface area contributed by atoms with Crippen molar-refractivity contribution < 1.29 is 46.4 Å². The van der Waals surface area contributed by atoms with Crippen LogP contribution in [0, 0.1) is 0 Å². The predicted molar refractivity (Wildman–Crippen MR) is 209 cm³/mol. The van der Waals surface area contributed by atoms with Crippen molar-refractivity contribution in [2.24, 2.45) is 0 Å². The number of carboxylic acids is 2. The number of rotatable bonds is 4. The number of ether oxygens (including phenoxy) is 1. The van der Waals surface area contributed by atoms with Crippen LogP contribution >= 0.6 is 0 Å². The van der Waals surface area contributed by atoms with Gasteiger partial charge in [0.25, 0.3) is 5.69 Å². The van der Waals surface area contributed by atoms with Crippen molar-refractivity contribution in [3.63, 3.8) is 0 Å². The molecule has 0 amide bonds. The molecule has 3 aromatic heterocycles. The van der Waals surface area contributed by atoms with Crippen molar-refractivity contribution in [3.8, 4) is 51.3 Å². The zero-order chi connectivity index (χ0) is 39.2. The molecule has 8 aromatic rings. The quantitative estimate of drug-likeness (QED) is 0.134. The summed E-state index contributed by atoms with van der Waals surface area (Å²) in [5.74, 6) is -1.04. The molecule has 5 aromatic carbocycles. The Morgan fingerprint density at radius 1 is 0.569 bits per heavy atom. The van der Waals surface area contributed by atoms with Crippen LogP contribution in [0.15, 0.2) is 103 Å². The van der Waals surface area contributed by atoms with Gasteiger partial charge in [0, 0.05) is 49.4 Å². The molecule has 0 atom stereocenters. The van der Waals surface area contributed by atoms with Gasteiger partial charge in [0.1, 0.15) is 11.5 Å². The summed E-state index contributed by atoms with van der Waals surface area (Å²) in [7, 11) is 0. The van der Waals surface area contributed by atoms with E-state index in [4.69, 9.17) is 44.8 Å². The van der Waals surface area contributed by atoms with Gasteiger partial charge in [0.05, 0.1) is 34.0 Å². The summed E-state index contributed by atoms with van der Waals surface area (Å²) in [6, 6.07) is 30.2. The van der Waals surface area contributed by atoms with Crippen molar-refractivity contribution in [2.45, 2.75) is 26.2 Å². The Morgan fingerprint density at radius 2 is 1.12 bits per heavy atom. The summed E-state index contributed by atoms with van der Waals surface area (Å²) in [6.07, 6.45) is 0. The van der Waals surface area contributed by atoms with Crippen molar-refractivity contribution in [2.75, 3.05) is 0 Å². The van der Waals surface area contributed by atoms with Gasteiger partial charge in [-0.25, -0.2) is 14.6 Å². The molecule has 0 aliphatic carbocycles. The molecule has 0 spiro atoms. The summed E-state index contributed by atoms with van der Waals surface area (Å²) >= 11 is 0. The molecular weight excluding hydrogens is 786 g/mol. The van der Waals surface area contributed by atoms with Crippen molar-refractivity contribution in [3.05, 3.63) is 120 Å². The van der Waals surface area contributed by atoms with E-state index < -0.39 is 11.9 Å². The summed E-state index contributed by atoms with van der Waals surface area (Å²) < 4.78 is 6.07. The van der Waals surface area contributed by atoms with E-state index in [0.29, 0.717) is 50.9 Å². The Bertz CT molecular complexity index is 3210. The van der Waals surface area contributed by atoms with Crippen molar-refractivity contribution in [1.29, 1.82) is 0 Å². The van der Waals surface area contributed by atoms with Gasteiger partial charge >= 0.3 is 29.0 Å². The number of aromatic nitrogens is 9. The molecule has 8 bridgehead atoms. The molecule has 0 saturated carbocycles. The van der Waals surface area contributed by atoms with Gasteiger partial charge in [-0.3, -0.25) is 0 Å². The van der Waals surface area contributed by atoms with Gasteiger partial charge in [0.2, 0.25) is 0 Å². The summed E-state index contributed by atoms with van der Waals surface area (Å²) in [6.45, 7) is 6.47. The number of hydrogen-bond donors (Lipinski definition) is 2. The fourth-order valence-corrected chi connectivity index (χ4v) is 7.02. The molecule has 10 rings (SSSR count). The minimum Gasteiger partial charge on any atom is -0.478 e. The monoisotopic (exact) mass is 813 g/mol. The van der Waals surface area contributed by atoms with Gasteiger partial charge in [-0.15, -0.1) is 0 Å². The maximum absolute atomic E-state index is 11.8. The number of hydrogen-bond acceptors (Lipinski definition) is 9. The second-order valence-corrected chi connectivity index (χ2v) is 14.7. The van der Waals surface area contributed by atoms with E-state index in [1.54, 1.807) is 18.2 Å². The Hall–Kier alpha value is -7.35. The normalized spacial score (nSPS) is 11.8. The number of carboxylic acid groups (broad SMARTS) is 2. The second kappa shape index (κ2) is 13.4. The molecule has 0 unspecified atom stereocenters. The van der Waals surface area contributed by atoms with Gasteiger partial charge < -0.3 is 39.9 Å². The molecular formula is C43H28CuN9O5+. The number of benzene rings is 5. The third-order valence-electron chi connectivity index (χ3n) is 9.90. The Kier molecular flexibility index (Phi) is 8.39. The van der Waals surface area contributed by atoms with Crippen LogP contribution in [-0.4, -0.2) is 52.3 Å². The van der Waals surface area contributed by atoms with Crippen molar-refractivity contribution in [1.82, 2.24) is 40.1 Å². The third-order valence-corrected chi connectivity index (χ3v) is 9.90. The topological polar surface area (TPSA) is 193 Å². The number of para-hydroxylation sites is 1. The maximum Gasteiger partial charge on any atom is 2.00 e. The van der Waals surface area contributed by atoms with Gasteiger partial charge in [-0.2, -0.15) is 0 Å². The first-order valence-corrected chi connectivity index (χ1v) is 17.9. The van der Waals surface area contributed by atoms with Crippen LogP contribution in [0.4, 0.5) is 0 Å². The molecule has 58 heavy (non-hydrogen) atoms. The van der Waals surface area contributed by atoms with Crippen LogP contribution < -0.4 is 19.5 Å². The fraction of sp³-hybridized carbons (Fsp3) is 0.0930. The van der Waals surface area contributed by atoms with Crippen LogP contribution in [0.1, 0.15) is 47.1 Å². The van der Waals surface area contributed by atoms with E-state index in [1.807, 2.05) is 54.6 Å². The first-order chi connectivity index (χ1) is 27.5. The standard InChI is InChI=1S/C43H29N9O5.Cu/c1-43(2,3)23-12-14-28-31(19-23)38-47-36(28)45-34-26-8-4-5-9-27(26)35(44-34)46-37-29-15-13-24(57-25-17-21(41(53)54)16-22(18-25)42(55)56)20-32(29)40(48-37)51-52-33-11-7-6-10-30(33)39(49-38)50-52;/h4-20H,1-3H3,(H3,44,45,46,47,48,49,50,51,53,54,55,56);/q;+2/p-1. The smallest absolute Gasteiger partial charge is 0.478 e. The number of carbonyl (C=O) groups is 2. The molecule has 14 nitrogen and oxygen atoms in total. The first-order valence-electron chi connectivity index (χ1n) is 17.9. The second-order valence-electron chi connectivity index (χ2n) is 14.7. The maximum atomic E-state index is 11.8. The molecule has 2 aliphatic heterocycles.